The third kappa shape index (κ3) is 2.02. The maximum absolute atomic E-state index is 12.2. The van der Waals surface area contributed by atoms with Crippen LogP contribution in [0.2, 0.25) is 0 Å². The van der Waals surface area contributed by atoms with E-state index in [1.165, 1.54) is 24.3 Å². The predicted molar refractivity (Wildman–Crippen MR) is 72.8 cm³/mol. The Morgan fingerprint density at radius 1 is 1.10 bits per heavy atom. The van der Waals surface area contributed by atoms with E-state index in [-0.39, 0.29) is 10.8 Å². The lowest BCUT2D eigenvalue weighted by Gasteiger charge is -2.66. The number of sulfonamides is 1. The first-order chi connectivity index (χ1) is 9.67. The number of carbonyl (C=O) groups is 2. The molecule has 0 aliphatic heterocycles. The van der Waals surface area contributed by atoms with Gasteiger partial charge in [-0.25, -0.2) is 13.6 Å². The normalized spacial score (nSPS) is 30.0. The summed E-state index contributed by atoms with van der Waals surface area (Å²) in [6.45, 7) is 0. The van der Waals surface area contributed by atoms with E-state index in [4.69, 9.17) is 10.2 Å². The molecule has 112 valence electrons. The molecule has 21 heavy (non-hydrogen) atoms. The Balaban J connectivity index is 1.66. The topological polar surface area (TPSA) is 127 Å². The average molecular weight is 310 g/mol. The molecule has 0 heterocycles. The summed E-state index contributed by atoms with van der Waals surface area (Å²) in [4.78, 5) is 23.1. The summed E-state index contributed by atoms with van der Waals surface area (Å²) < 4.78 is 22.2. The van der Waals surface area contributed by atoms with Gasteiger partial charge in [-0.05, 0) is 43.5 Å². The molecule has 1 aromatic rings. The van der Waals surface area contributed by atoms with Crippen molar-refractivity contribution < 1.29 is 23.1 Å². The molecule has 2 bridgehead atoms. The third-order valence-electron chi connectivity index (χ3n) is 4.41. The minimum absolute atomic E-state index is 0.0316. The van der Waals surface area contributed by atoms with Crippen molar-refractivity contribution in [3.63, 3.8) is 0 Å². The molecule has 0 spiro atoms. The van der Waals surface area contributed by atoms with Crippen molar-refractivity contribution in [1.29, 1.82) is 0 Å². The highest BCUT2D eigenvalue weighted by Gasteiger charge is 2.75. The summed E-state index contributed by atoms with van der Waals surface area (Å²) in [6.07, 6.45) is 1.11. The molecule has 1 amide bonds. The van der Waals surface area contributed by atoms with E-state index in [1.807, 2.05) is 0 Å². The van der Waals surface area contributed by atoms with Crippen molar-refractivity contribution in [3.05, 3.63) is 24.3 Å². The van der Waals surface area contributed by atoms with Crippen LogP contribution in [0.3, 0.4) is 0 Å². The lowest BCUT2D eigenvalue weighted by Crippen LogP contribution is -2.69. The van der Waals surface area contributed by atoms with Crippen LogP contribution in [0.4, 0.5) is 5.69 Å². The fraction of sp³-hybridized carbons (Fsp3) is 0.385. The first kappa shape index (κ1) is 14.0. The maximum Gasteiger partial charge on any atom is 0.309 e. The summed E-state index contributed by atoms with van der Waals surface area (Å²) in [5, 5.41) is 16.7. The van der Waals surface area contributed by atoms with Crippen LogP contribution < -0.4 is 10.5 Å². The molecule has 0 saturated heterocycles. The maximum atomic E-state index is 12.2. The van der Waals surface area contributed by atoms with Crippen molar-refractivity contribution in [2.75, 3.05) is 5.32 Å². The van der Waals surface area contributed by atoms with Gasteiger partial charge in [0.25, 0.3) is 0 Å². The van der Waals surface area contributed by atoms with Gasteiger partial charge in [0.15, 0.2) is 0 Å². The zero-order chi connectivity index (χ0) is 15.5. The van der Waals surface area contributed by atoms with Crippen LogP contribution in [-0.4, -0.2) is 25.4 Å². The van der Waals surface area contributed by atoms with Crippen molar-refractivity contribution in [2.45, 2.75) is 24.2 Å². The Bertz CT molecular complexity index is 719. The predicted octanol–water partition coefficient (Wildman–Crippen LogP) is 0.527. The van der Waals surface area contributed by atoms with E-state index >= 15 is 0 Å². The number of benzene rings is 1. The second-order valence-corrected chi connectivity index (χ2v) is 7.48. The molecule has 3 aliphatic carbocycles. The Hall–Kier alpha value is -1.93. The highest BCUT2D eigenvalue weighted by molar-refractivity contribution is 7.89. The largest absolute Gasteiger partial charge is 0.481 e. The molecule has 7 nitrogen and oxygen atoms in total. The molecule has 4 N–H and O–H groups in total. The number of carboxylic acids is 1. The number of nitrogens with two attached hydrogens (primary N) is 1. The van der Waals surface area contributed by atoms with Gasteiger partial charge in [0, 0.05) is 5.69 Å². The van der Waals surface area contributed by atoms with E-state index in [9.17, 15) is 18.0 Å². The van der Waals surface area contributed by atoms with Crippen LogP contribution in [0.5, 0.6) is 0 Å². The van der Waals surface area contributed by atoms with Crippen LogP contribution >= 0.6 is 0 Å². The van der Waals surface area contributed by atoms with Crippen molar-refractivity contribution in [2.24, 2.45) is 16.0 Å². The third-order valence-corrected chi connectivity index (χ3v) is 5.34. The van der Waals surface area contributed by atoms with Gasteiger partial charge in [0.05, 0.1) is 15.7 Å². The first-order valence-corrected chi connectivity index (χ1v) is 7.89. The second-order valence-electron chi connectivity index (χ2n) is 5.92. The van der Waals surface area contributed by atoms with Crippen LogP contribution in [0, 0.1) is 10.8 Å². The standard InChI is InChI=1S/C13H14N2O5S/c14-21(19,20)9-3-1-8(2-4-9)15-10(16)12-5-13(6-12,7-12)11(17)18/h1-4H,5-7H2,(H,15,16)(H,17,18)(H2,14,19,20). The number of hydrogen-bond donors (Lipinski definition) is 3. The highest BCUT2D eigenvalue weighted by atomic mass is 32.2. The Labute approximate surface area is 121 Å². The number of rotatable bonds is 4. The number of anilines is 1. The van der Waals surface area contributed by atoms with Gasteiger partial charge < -0.3 is 10.4 Å². The Morgan fingerprint density at radius 2 is 1.62 bits per heavy atom. The minimum atomic E-state index is -3.76. The molecule has 0 aromatic heterocycles. The monoisotopic (exact) mass is 310 g/mol. The van der Waals surface area contributed by atoms with Crippen LogP contribution in [-0.2, 0) is 19.6 Å². The van der Waals surface area contributed by atoms with Crippen LogP contribution in [0.1, 0.15) is 19.3 Å². The number of carboxylic acid groups (broad SMARTS) is 1. The molecule has 3 fully saturated rings. The van der Waals surface area contributed by atoms with Gasteiger partial charge in [-0.15, -0.1) is 0 Å². The highest BCUT2D eigenvalue weighted by Crippen LogP contribution is 2.73. The van der Waals surface area contributed by atoms with Gasteiger partial charge in [0.2, 0.25) is 15.9 Å². The van der Waals surface area contributed by atoms with Gasteiger partial charge in [0.1, 0.15) is 0 Å². The molecular weight excluding hydrogens is 296 g/mol. The smallest absolute Gasteiger partial charge is 0.309 e. The number of hydrogen-bond acceptors (Lipinski definition) is 4. The van der Waals surface area contributed by atoms with Crippen LogP contribution in [0.25, 0.3) is 0 Å². The molecule has 1 aromatic carbocycles. The van der Waals surface area contributed by atoms with Gasteiger partial charge >= 0.3 is 5.97 Å². The average Bonchev–Trinajstić information content (AvgIpc) is 2.23. The lowest BCUT2D eigenvalue weighted by atomic mass is 9.35. The van der Waals surface area contributed by atoms with E-state index in [1.54, 1.807) is 0 Å². The summed E-state index contributed by atoms with van der Waals surface area (Å²) in [5.41, 5.74) is -0.812. The van der Waals surface area contributed by atoms with E-state index < -0.39 is 26.8 Å². The lowest BCUT2D eigenvalue weighted by molar-refractivity contribution is -0.217. The fourth-order valence-corrected chi connectivity index (χ4v) is 3.76. The fourth-order valence-electron chi connectivity index (χ4n) is 3.25. The van der Waals surface area contributed by atoms with E-state index in [2.05, 4.69) is 5.32 Å². The number of aliphatic carboxylic acids is 1. The number of nitrogens with one attached hydrogen (secondary N) is 1. The Kier molecular flexibility index (Phi) is 2.70. The summed E-state index contributed by atoms with van der Waals surface area (Å²) in [7, 11) is -3.76. The van der Waals surface area contributed by atoms with Crippen molar-refractivity contribution in [1.82, 2.24) is 0 Å². The number of primary sulfonamides is 1. The quantitative estimate of drug-likeness (QED) is 0.747. The van der Waals surface area contributed by atoms with E-state index in [0.29, 0.717) is 24.9 Å². The van der Waals surface area contributed by atoms with E-state index in [0.717, 1.165) is 0 Å². The molecule has 4 rings (SSSR count). The summed E-state index contributed by atoms with van der Waals surface area (Å²) >= 11 is 0. The molecule has 3 saturated carbocycles. The molecule has 0 radical (unpaired) electrons. The molecular formula is C13H14N2O5S. The molecule has 3 aliphatic rings. The summed E-state index contributed by atoms with van der Waals surface area (Å²) in [5.74, 6) is -1.05. The Morgan fingerprint density at radius 3 is 2.05 bits per heavy atom. The summed E-state index contributed by atoms with van der Waals surface area (Å²) in [6, 6.07) is 5.53. The van der Waals surface area contributed by atoms with Crippen molar-refractivity contribution >= 4 is 27.6 Å². The van der Waals surface area contributed by atoms with Gasteiger partial charge in [-0.1, -0.05) is 0 Å². The van der Waals surface area contributed by atoms with Gasteiger partial charge in [-0.3, -0.25) is 9.59 Å². The molecule has 0 unspecified atom stereocenters. The zero-order valence-corrected chi connectivity index (χ0v) is 11.8. The SMILES string of the molecule is NS(=O)(=O)c1ccc(NC(=O)C23CC(C(=O)O)(C2)C3)cc1. The second kappa shape index (κ2) is 4.05. The minimum Gasteiger partial charge on any atom is -0.481 e. The zero-order valence-electron chi connectivity index (χ0n) is 11.0. The molecule has 8 heteroatoms. The number of amides is 1. The number of carbonyl (C=O) groups excluding carboxylic acids is 1. The molecule has 0 atom stereocenters. The first-order valence-electron chi connectivity index (χ1n) is 6.35. The van der Waals surface area contributed by atoms with Crippen molar-refractivity contribution in [3.8, 4) is 0 Å². The van der Waals surface area contributed by atoms with Crippen LogP contribution in [0.15, 0.2) is 29.2 Å². The van der Waals surface area contributed by atoms with Gasteiger partial charge in [-0.2, -0.15) is 0 Å².